The van der Waals surface area contributed by atoms with Crippen molar-refractivity contribution in [2.24, 2.45) is 0 Å². The van der Waals surface area contributed by atoms with Crippen LogP contribution in [0.1, 0.15) is 25.7 Å². The summed E-state index contributed by atoms with van der Waals surface area (Å²) in [6.07, 6.45) is 3.63. The summed E-state index contributed by atoms with van der Waals surface area (Å²) in [6, 6.07) is 6.04. The van der Waals surface area contributed by atoms with Crippen molar-refractivity contribution in [2.75, 3.05) is 13.2 Å². The summed E-state index contributed by atoms with van der Waals surface area (Å²) in [4.78, 5) is 12.6. The first-order chi connectivity index (χ1) is 8.81. The molecule has 1 aromatic carbocycles. The Balaban J connectivity index is 1.70. The van der Waals surface area contributed by atoms with E-state index in [0.29, 0.717) is 30.7 Å². The Morgan fingerprint density at radius 1 is 1.17 bits per heavy atom. The number of ketones is 1. The second-order valence-electron chi connectivity index (χ2n) is 4.68. The van der Waals surface area contributed by atoms with Crippen LogP contribution in [-0.4, -0.2) is 24.2 Å². The molecule has 1 heterocycles. The molecule has 0 saturated heterocycles. The molecule has 1 aliphatic heterocycles. The number of hydrogen-bond donors (Lipinski definition) is 0. The number of benzene rings is 1. The van der Waals surface area contributed by atoms with Gasteiger partial charge in [0.2, 0.25) is 0 Å². The van der Waals surface area contributed by atoms with Crippen molar-refractivity contribution >= 4 is 17.5 Å². The third-order valence-corrected chi connectivity index (χ3v) is 4.52. The molecule has 1 aliphatic carbocycles. The van der Waals surface area contributed by atoms with E-state index in [2.05, 4.69) is 6.07 Å². The minimum Gasteiger partial charge on any atom is -0.486 e. The van der Waals surface area contributed by atoms with Crippen LogP contribution in [0.3, 0.4) is 0 Å². The smallest absolute Gasteiger partial charge is 0.162 e. The van der Waals surface area contributed by atoms with Gasteiger partial charge < -0.3 is 9.47 Å². The molecule has 0 bridgehead atoms. The lowest BCUT2D eigenvalue weighted by atomic mass is 9.99. The summed E-state index contributed by atoms with van der Waals surface area (Å²) in [5.41, 5.74) is 0. The number of hydrogen-bond acceptors (Lipinski definition) is 4. The second kappa shape index (κ2) is 5.22. The van der Waals surface area contributed by atoms with E-state index in [9.17, 15) is 4.79 Å². The molecule has 0 aromatic heterocycles. The zero-order valence-electron chi connectivity index (χ0n) is 10.2. The van der Waals surface area contributed by atoms with Gasteiger partial charge in [0.25, 0.3) is 0 Å². The fourth-order valence-electron chi connectivity index (χ4n) is 2.37. The van der Waals surface area contributed by atoms with Crippen LogP contribution in [0, 0.1) is 0 Å². The molecule has 2 aliphatic rings. The number of carbonyl (C=O) groups is 1. The molecule has 0 spiro atoms. The number of Topliss-reactive ketones (excluding diaryl/α,β-unsaturated/α-hetero) is 1. The Kier molecular flexibility index (Phi) is 3.46. The van der Waals surface area contributed by atoms with Crippen LogP contribution < -0.4 is 9.47 Å². The highest BCUT2D eigenvalue weighted by molar-refractivity contribution is 8.00. The van der Waals surface area contributed by atoms with E-state index in [-0.39, 0.29) is 0 Å². The maximum absolute atomic E-state index is 11.4. The second-order valence-corrected chi connectivity index (χ2v) is 6.05. The Morgan fingerprint density at radius 2 is 2.00 bits per heavy atom. The predicted octanol–water partition coefficient (Wildman–Crippen LogP) is 3.06. The normalized spacial score (nSPS) is 22.9. The molecule has 0 amide bonds. The Bertz CT molecular complexity index is 458. The van der Waals surface area contributed by atoms with Gasteiger partial charge in [-0.05, 0) is 31.0 Å². The topological polar surface area (TPSA) is 35.5 Å². The van der Waals surface area contributed by atoms with E-state index < -0.39 is 0 Å². The van der Waals surface area contributed by atoms with E-state index in [0.717, 1.165) is 30.8 Å². The van der Waals surface area contributed by atoms with Gasteiger partial charge in [0.1, 0.15) is 19.0 Å². The first kappa shape index (κ1) is 11.9. The van der Waals surface area contributed by atoms with Crippen LogP contribution in [0.5, 0.6) is 11.5 Å². The molecule has 18 heavy (non-hydrogen) atoms. The first-order valence-corrected chi connectivity index (χ1v) is 7.27. The van der Waals surface area contributed by atoms with Crippen LogP contribution in [0.15, 0.2) is 23.1 Å². The van der Waals surface area contributed by atoms with Gasteiger partial charge in [-0.15, -0.1) is 11.8 Å². The van der Waals surface area contributed by atoms with E-state index >= 15 is 0 Å². The van der Waals surface area contributed by atoms with Gasteiger partial charge in [0.15, 0.2) is 11.5 Å². The number of carbonyl (C=O) groups excluding carboxylic acids is 1. The third kappa shape index (κ3) is 2.64. The number of rotatable bonds is 2. The lowest BCUT2D eigenvalue weighted by molar-refractivity contribution is -0.120. The van der Waals surface area contributed by atoms with Crippen molar-refractivity contribution in [1.29, 1.82) is 0 Å². The van der Waals surface area contributed by atoms with Crippen molar-refractivity contribution in [1.82, 2.24) is 0 Å². The highest BCUT2D eigenvalue weighted by Crippen LogP contribution is 2.38. The molecular formula is C14H16O3S. The highest BCUT2D eigenvalue weighted by atomic mass is 32.2. The number of ether oxygens (including phenoxy) is 2. The Hall–Kier alpha value is -1.16. The van der Waals surface area contributed by atoms with Crippen LogP contribution in [-0.2, 0) is 4.79 Å². The van der Waals surface area contributed by atoms with Gasteiger partial charge in [0, 0.05) is 23.0 Å². The third-order valence-electron chi connectivity index (χ3n) is 3.25. The molecule has 0 radical (unpaired) electrons. The lowest BCUT2D eigenvalue weighted by Crippen LogP contribution is -2.17. The molecule has 1 aromatic rings. The average molecular weight is 264 g/mol. The van der Waals surface area contributed by atoms with Gasteiger partial charge >= 0.3 is 0 Å². The molecule has 0 N–H and O–H groups in total. The van der Waals surface area contributed by atoms with Crippen molar-refractivity contribution in [3.63, 3.8) is 0 Å². The molecule has 1 unspecified atom stereocenters. The number of fused-ring (bicyclic) bond motifs is 1. The molecule has 4 heteroatoms. The van der Waals surface area contributed by atoms with Gasteiger partial charge in [-0.2, -0.15) is 0 Å². The maximum Gasteiger partial charge on any atom is 0.162 e. The van der Waals surface area contributed by atoms with Crippen LogP contribution in [0.2, 0.25) is 0 Å². The number of thioether (sulfide) groups is 1. The standard InChI is InChI=1S/C14H16O3S/c15-10-2-1-3-11(8-10)18-12-4-5-13-14(9-12)17-7-6-16-13/h4-5,9,11H,1-3,6-8H2. The van der Waals surface area contributed by atoms with E-state index in [1.807, 2.05) is 12.1 Å². The zero-order chi connectivity index (χ0) is 12.4. The monoisotopic (exact) mass is 264 g/mol. The zero-order valence-corrected chi connectivity index (χ0v) is 11.0. The van der Waals surface area contributed by atoms with Crippen molar-refractivity contribution < 1.29 is 14.3 Å². The molecule has 96 valence electrons. The average Bonchev–Trinajstić information content (AvgIpc) is 2.39. The molecule has 1 atom stereocenters. The summed E-state index contributed by atoms with van der Waals surface area (Å²) < 4.78 is 11.1. The minimum absolute atomic E-state index is 0.399. The highest BCUT2D eigenvalue weighted by Gasteiger charge is 2.21. The molecular weight excluding hydrogens is 248 g/mol. The largest absolute Gasteiger partial charge is 0.486 e. The van der Waals surface area contributed by atoms with Gasteiger partial charge in [0.05, 0.1) is 0 Å². The fourth-order valence-corrected chi connectivity index (χ4v) is 3.64. The van der Waals surface area contributed by atoms with E-state index in [4.69, 9.17) is 9.47 Å². The first-order valence-electron chi connectivity index (χ1n) is 6.39. The van der Waals surface area contributed by atoms with Gasteiger partial charge in [-0.3, -0.25) is 4.79 Å². The quantitative estimate of drug-likeness (QED) is 0.822. The maximum atomic E-state index is 11.4. The summed E-state index contributed by atoms with van der Waals surface area (Å²) in [6.45, 7) is 1.24. The molecule has 3 nitrogen and oxygen atoms in total. The van der Waals surface area contributed by atoms with E-state index in [1.165, 1.54) is 4.90 Å². The van der Waals surface area contributed by atoms with Crippen LogP contribution in [0.25, 0.3) is 0 Å². The van der Waals surface area contributed by atoms with Crippen molar-refractivity contribution in [3.8, 4) is 11.5 Å². The van der Waals surface area contributed by atoms with Gasteiger partial charge in [-0.25, -0.2) is 0 Å². The SMILES string of the molecule is O=C1CCCC(Sc2ccc3c(c2)OCCO3)C1. The molecule has 3 rings (SSSR count). The van der Waals surface area contributed by atoms with Crippen LogP contribution in [0.4, 0.5) is 0 Å². The molecule has 1 fully saturated rings. The lowest BCUT2D eigenvalue weighted by Gasteiger charge is -2.22. The summed E-state index contributed by atoms with van der Waals surface area (Å²) >= 11 is 1.78. The minimum atomic E-state index is 0.399. The summed E-state index contributed by atoms with van der Waals surface area (Å²) in [7, 11) is 0. The summed E-state index contributed by atoms with van der Waals surface area (Å²) in [5, 5.41) is 0.425. The predicted molar refractivity (Wildman–Crippen MR) is 70.6 cm³/mol. The van der Waals surface area contributed by atoms with Crippen LogP contribution >= 0.6 is 11.8 Å². The van der Waals surface area contributed by atoms with E-state index in [1.54, 1.807) is 11.8 Å². The Morgan fingerprint density at radius 3 is 2.83 bits per heavy atom. The molecule has 1 saturated carbocycles. The van der Waals surface area contributed by atoms with Crippen molar-refractivity contribution in [2.45, 2.75) is 35.8 Å². The van der Waals surface area contributed by atoms with Gasteiger partial charge in [-0.1, -0.05) is 0 Å². The summed E-state index contributed by atoms with van der Waals surface area (Å²) in [5.74, 6) is 2.05. The Labute approximate surface area is 111 Å². The fraction of sp³-hybridized carbons (Fsp3) is 0.500. The van der Waals surface area contributed by atoms with Crippen molar-refractivity contribution in [3.05, 3.63) is 18.2 Å².